The molecule has 4 rings (SSSR count). The molecule has 1 fully saturated rings. The van der Waals surface area contributed by atoms with E-state index in [1.165, 1.54) is 0 Å². The molecule has 34 heavy (non-hydrogen) atoms. The molecule has 2 aromatic carbocycles. The van der Waals surface area contributed by atoms with Crippen LogP contribution in [-0.2, 0) is 11.3 Å². The molecule has 2 heterocycles. The number of aromatic nitrogens is 2. The molecule has 0 bridgehead atoms. The zero-order valence-electron chi connectivity index (χ0n) is 19.7. The third-order valence-electron chi connectivity index (χ3n) is 6.09. The number of halogens is 1. The summed E-state index contributed by atoms with van der Waals surface area (Å²) in [6, 6.07) is 17.8. The highest BCUT2D eigenvalue weighted by Gasteiger charge is 2.13. The lowest BCUT2D eigenvalue weighted by atomic mass is 10.1. The molecule has 3 aromatic rings. The summed E-state index contributed by atoms with van der Waals surface area (Å²) in [7, 11) is 2.16. The predicted octanol–water partition coefficient (Wildman–Crippen LogP) is 4.02. The smallest absolute Gasteiger partial charge is 0.244 e. The summed E-state index contributed by atoms with van der Waals surface area (Å²) in [5.41, 5.74) is 3.74. The van der Waals surface area contributed by atoms with E-state index < -0.39 is 0 Å². The average Bonchev–Trinajstić information content (AvgIpc) is 3.26. The van der Waals surface area contributed by atoms with E-state index >= 15 is 0 Å². The van der Waals surface area contributed by atoms with Crippen LogP contribution in [0.5, 0.6) is 0 Å². The molecule has 0 saturated carbocycles. The molecule has 1 N–H and O–H groups in total. The standard InChI is InChI=1S/C27H32ClN5O/c1-31-16-18-32(19-17-31)15-7-14-29-26(34)13-12-24-21-33(20-23-10-5-6-11-25(23)28)30-27(24)22-8-3-2-4-9-22/h2-6,8-13,21H,7,14-20H2,1H3,(H,29,34)/b13-12+. The lowest BCUT2D eigenvalue weighted by molar-refractivity contribution is -0.116. The fourth-order valence-corrected chi connectivity index (χ4v) is 4.27. The Hall–Kier alpha value is -2.93. The van der Waals surface area contributed by atoms with Crippen LogP contribution in [0.2, 0.25) is 5.02 Å². The molecule has 0 radical (unpaired) electrons. The zero-order chi connectivity index (χ0) is 23.8. The van der Waals surface area contributed by atoms with Gasteiger partial charge in [-0.2, -0.15) is 5.10 Å². The molecule has 0 aliphatic carbocycles. The topological polar surface area (TPSA) is 53.4 Å². The van der Waals surface area contributed by atoms with Gasteiger partial charge in [-0.1, -0.05) is 60.1 Å². The summed E-state index contributed by atoms with van der Waals surface area (Å²) in [5, 5.41) is 8.52. The van der Waals surface area contributed by atoms with Crippen LogP contribution in [0, 0.1) is 0 Å². The largest absolute Gasteiger partial charge is 0.353 e. The number of rotatable bonds is 9. The quantitative estimate of drug-likeness (QED) is 0.373. The molecular weight excluding hydrogens is 446 g/mol. The number of likely N-dealkylation sites (N-methyl/N-ethyl adjacent to an activating group) is 1. The average molecular weight is 478 g/mol. The predicted molar refractivity (Wildman–Crippen MR) is 139 cm³/mol. The van der Waals surface area contributed by atoms with Gasteiger partial charge in [0.2, 0.25) is 5.91 Å². The molecule has 1 aliphatic heterocycles. The Morgan fingerprint density at radius 1 is 1.06 bits per heavy atom. The van der Waals surface area contributed by atoms with Crippen molar-refractivity contribution in [2.75, 3.05) is 46.3 Å². The molecular formula is C27H32ClN5O. The maximum Gasteiger partial charge on any atom is 0.244 e. The van der Waals surface area contributed by atoms with E-state index in [2.05, 4.69) is 22.2 Å². The van der Waals surface area contributed by atoms with Crippen LogP contribution >= 0.6 is 11.6 Å². The third kappa shape index (κ3) is 6.79. The van der Waals surface area contributed by atoms with Crippen LogP contribution in [0.1, 0.15) is 17.5 Å². The van der Waals surface area contributed by atoms with Gasteiger partial charge in [-0.25, -0.2) is 0 Å². The summed E-state index contributed by atoms with van der Waals surface area (Å²) < 4.78 is 1.87. The van der Waals surface area contributed by atoms with Gasteiger partial charge in [0.15, 0.2) is 0 Å². The minimum Gasteiger partial charge on any atom is -0.353 e. The molecule has 178 valence electrons. The number of carbonyl (C=O) groups is 1. The number of nitrogens with zero attached hydrogens (tertiary/aromatic N) is 4. The van der Waals surface area contributed by atoms with Crippen LogP contribution in [-0.4, -0.2) is 71.8 Å². The van der Waals surface area contributed by atoms with E-state index in [4.69, 9.17) is 16.7 Å². The van der Waals surface area contributed by atoms with Crippen LogP contribution in [0.4, 0.5) is 0 Å². The lowest BCUT2D eigenvalue weighted by Crippen LogP contribution is -2.45. The first kappa shape index (κ1) is 24.2. The van der Waals surface area contributed by atoms with Crippen molar-refractivity contribution in [1.82, 2.24) is 24.9 Å². The number of amides is 1. The van der Waals surface area contributed by atoms with Crippen molar-refractivity contribution in [2.24, 2.45) is 0 Å². The fourth-order valence-electron chi connectivity index (χ4n) is 4.07. The minimum absolute atomic E-state index is 0.0868. The monoisotopic (exact) mass is 477 g/mol. The summed E-state index contributed by atoms with van der Waals surface area (Å²) in [6.45, 7) is 6.69. The number of benzene rings is 2. The second-order valence-electron chi connectivity index (χ2n) is 8.71. The van der Waals surface area contributed by atoms with Crippen LogP contribution in [0.3, 0.4) is 0 Å². The van der Waals surface area contributed by atoms with E-state index in [9.17, 15) is 4.79 Å². The van der Waals surface area contributed by atoms with Gasteiger partial charge in [0.1, 0.15) is 0 Å². The molecule has 0 unspecified atom stereocenters. The van der Waals surface area contributed by atoms with Crippen LogP contribution in [0.15, 0.2) is 66.9 Å². The molecule has 0 atom stereocenters. The van der Waals surface area contributed by atoms with Crippen molar-refractivity contribution in [3.8, 4) is 11.3 Å². The molecule has 7 heteroatoms. The van der Waals surface area contributed by atoms with E-state index in [1.807, 2.05) is 71.6 Å². The summed E-state index contributed by atoms with van der Waals surface area (Å²) >= 11 is 6.34. The van der Waals surface area contributed by atoms with Gasteiger partial charge >= 0.3 is 0 Å². The number of nitrogens with one attached hydrogen (secondary N) is 1. The van der Waals surface area contributed by atoms with Gasteiger partial charge < -0.3 is 15.1 Å². The molecule has 1 amide bonds. The van der Waals surface area contributed by atoms with E-state index in [0.717, 1.165) is 61.5 Å². The molecule has 1 aromatic heterocycles. The maximum atomic E-state index is 12.4. The summed E-state index contributed by atoms with van der Waals surface area (Å²) in [5.74, 6) is -0.0868. The van der Waals surface area contributed by atoms with Crippen molar-refractivity contribution in [2.45, 2.75) is 13.0 Å². The second kappa shape index (κ2) is 12.0. The molecule has 1 saturated heterocycles. The Kier molecular flexibility index (Phi) is 8.52. The van der Waals surface area contributed by atoms with Crippen molar-refractivity contribution in [1.29, 1.82) is 0 Å². The Balaban J connectivity index is 1.38. The first-order chi connectivity index (χ1) is 16.6. The lowest BCUT2D eigenvalue weighted by Gasteiger charge is -2.32. The van der Waals surface area contributed by atoms with Crippen molar-refractivity contribution in [3.05, 3.63) is 83.0 Å². The summed E-state index contributed by atoms with van der Waals surface area (Å²) in [6.07, 6.45) is 6.35. The minimum atomic E-state index is -0.0868. The maximum absolute atomic E-state index is 12.4. The van der Waals surface area contributed by atoms with Crippen LogP contribution < -0.4 is 5.32 Å². The third-order valence-corrected chi connectivity index (χ3v) is 6.46. The Morgan fingerprint density at radius 3 is 2.56 bits per heavy atom. The van der Waals surface area contributed by atoms with Crippen molar-refractivity contribution >= 4 is 23.6 Å². The van der Waals surface area contributed by atoms with Crippen molar-refractivity contribution < 1.29 is 4.79 Å². The van der Waals surface area contributed by atoms with E-state index in [1.54, 1.807) is 6.08 Å². The molecule has 1 aliphatic rings. The van der Waals surface area contributed by atoms with E-state index in [0.29, 0.717) is 18.1 Å². The van der Waals surface area contributed by atoms with Gasteiger partial charge in [0, 0.05) is 61.1 Å². The normalized spacial score (nSPS) is 15.1. The molecule has 0 spiro atoms. The van der Waals surface area contributed by atoms with E-state index in [-0.39, 0.29) is 5.91 Å². The van der Waals surface area contributed by atoms with Gasteiger partial charge in [0.25, 0.3) is 0 Å². The van der Waals surface area contributed by atoms with Crippen LogP contribution in [0.25, 0.3) is 17.3 Å². The zero-order valence-corrected chi connectivity index (χ0v) is 20.4. The number of carbonyl (C=O) groups excluding carboxylic acids is 1. The number of hydrogen-bond donors (Lipinski definition) is 1. The Labute approximate surface area is 206 Å². The summed E-state index contributed by atoms with van der Waals surface area (Å²) in [4.78, 5) is 17.2. The second-order valence-corrected chi connectivity index (χ2v) is 9.12. The first-order valence-corrected chi connectivity index (χ1v) is 12.2. The highest BCUT2D eigenvalue weighted by Crippen LogP contribution is 2.24. The highest BCUT2D eigenvalue weighted by atomic mass is 35.5. The highest BCUT2D eigenvalue weighted by molar-refractivity contribution is 6.31. The number of hydrogen-bond acceptors (Lipinski definition) is 4. The Bertz CT molecular complexity index is 1100. The SMILES string of the molecule is CN1CCN(CCCNC(=O)/C=C/c2cn(Cc3ccccc3Cl)nc2-c2ccccc2)CC1. The molecule has 6 nitrogen and oxygen atoms in total. The van der Waals surface area contributed by atoms with Crippen molar-refractivity contribution in [3.63, 3.8) is 0 Å². The number of piperazine rings is 1. The van der Waals surface area contributed by atoms with Gasteiger partial charge in [0.05, 0.1) is 12.2 Å². The fraction of sp³-hybridized carbons (Fsp3) is 0.333. The van der Waals surface area contributed by atoms with Gasteiger partial charge in [-0.3, -0.25) is 9.48 Å². The Morgan fingerprint density at radius 2 is 1.79 bits per heavy atom. The van der Waals surface area contributed by atoms with Gasteiger partial charge in [-0.15, -0.1) is 0 Å². The van der Waals surface area contributed by atoms with Gasteiger partial charge in [-0.05, 0) is 37.7 Å². The first-order valence-electron chi connectivity index (χ1n) is 11.8.